The van der Waals surface area contributed by atoms with Gasteiger partial charge in [-0.15, -0.1) is 0 Å². The summed E-state index contributed by atoms with van der Waals surface area (Å²) >= 11 is 0. The van der Waals surface area contributed by atoms with Gasteiger partial charge in [0.05, 0.1) is 23.0 Å². The molecule has 0 saturated carbocycles. The summed E-state index contributed by atoms with van der Waals surface area (Å²) in [6.45, 7) is 2.70. The van der Waals surface area contributed by atoms with Gasteiger partial charge in [0.2, 0.25) is 10.0 Å². The molecule has 2 aromatic carbocycles. The number of nitrogens with zero attached hydrogens (tertiary/aromatic N) is 2. The van der Waals surface area contributed by atoms with Crippen LogP contribution in [-0.2, 0) is 14.8 Å². The minimum absolute atomic E-state index is 0.108. The third kappa shape index (κ3) is 4.61. The van der Waals surface area contributed by atoms with E-state index in [0.717, 1.165) is 6.26 Å². The Hall–Kier alpha value is -3.66. The first-order valence-electron chi connectivity index (χ1n) is 10.4. The van der Waals surface area contributed by atoms with Crippen LogP contribution in [0.2, 0.25) is 0 Å². The maximum Gasteiger partial charge on any atom is 0.295 e. The number of H-pyrrole nitrogens is 1. The fraction of sp³-hybridized carbons (Fsp3) is 0.261. The van der Waals surface area contributed by atoms with Crippen LogP contribution in [-0.4, -0.2) is 72.7 Å². The van der Waals surface area contributed by atoms with Crippen molar-refractivity contribution in [1.29, 1.82) is 0 Å². The minimum Gasteiger partial charge on any atom is -0.359 e. The van der Waals surface area contributed by atoms with E-state index < -0.39 is 21.7 Å². The predicted octanol–water partition coefficient (Wildman–Crippen LogP) is 2.10. The molecule has 2 heterocycles. The van der Waals surface area contributed by atoms with Crippen LogP contribution in [0.25, 0.3) is 10.9 Å². The Morgan fingerprint density at radius 3 is 2.42 bits per heavy atom. The number of amides is 2. The molecule has 1 atom stereocenters. The van der Waals surface area contributed by atoms with Crippen molar-refractivity contribution < 1.29 is 22.8 Å². The van der Waals surface area contributed by atoms with E-state index in [4.69, 9.17) is 0 Å². The SMILES string of the molecule is CC1CN(C(=O)c2ccccc2)CCN1C(=O)C(=O)c1c[nH]c2c(NS(C)(=O)=O)cccc12. The van der Waals surface area contributed by atoms with Gasteiger partial charge in [-0.25, -0.2) is 8.42 Å². The van der Waals surface area contributed by atoms with Crippen LogP contribution in [0.15, 0.2) is 54.7 Å². The third-order valence-corrected chi connectivity index (χ3v) is 6.24. The van der Waals surface area contributed by atoms with E-state index in [1.165, 1.54) is 11.1 Å². The Labute approximate surface area is 191 Å². The summed E-state index contributed by atoms with van der Waals surface area (Å²) in [7, 11) is -3.52. The van der Waals surface area contributed by atoms with Crippen LogP contribution in [0.4, 0.5) is 5.69 Å². The second-order valence-corrected chi connectivity index (χ2v) is 9.85. The van der Waals surface area contributed by atoms with Gasteiger partial charge in [-0.1, -0.05) is 30.3 Å². The highest BCUT2D eigenvalue weighted by Gasteiger charge is 2.34. The van der Waals surface area contributed by atoms with E-state index in [0.29, 0.717) is 35.2 Å². The summed E-state index contributed by atoms with van der Waals surface area (Å²) in [4.78, 5) is 44.9. The number of Topliss-reactive ketones (excluding diaryl/α,β-unsaturated/α-hetero) is 1. The number of nitrogens with one attached hydrogen (secondary N) is 2. The number of carbonyl (C=O) groups excluding carboxylic acids is 3. The van der Waals surface area contributed by atoms with Crippen molar-refractivity contribution in [2.45, 2.75) is 13.0 Å². The summed E-state index contributed by atoms with van der Waals surface area (Å²) in [5, 5.41) is 0.451. The molecule has 1 aliphatic heterocycles. The molecule has 2 N–H and O–H groups in total. The molecule has 1 saturated heterocycles. The number of anilines is 1. The number of aromatic nitrogens is 1. The first kappa shape index (κ1) is 22.5. The molecule has 1 fully saturated rings. The molecule has 172 valence electrons. The Morgan fingerprint density at radius 2 is 1.76 bits per heavy atom. The van der Waals surface area contributed by atoms with E-state index in [9.17, 15) is 22.8 Å². The van der Waals surface area contributed by atoms with Gasteiger partial charge in [0.1, 0.15) is 0 Å². The Balaban J connectivity index is 1.51. The second-order valence-electron chi connectivity index (χ2n) is 8.10. The number of hydrogen-bond donors (Lipinski definition) is 2. The smallest absolute Gasteiger partial charge is 0.295 e. The Morgan fingerprint density at radius 1 is 1.03 bits per heavy atom. The minimum atomic E-state index is -3.52. The normalized spacial score (nSPS) is 16.6. The number of rotatable bonds is 5. The van der Waals surface area contributed by atoms with Gasteiger partial charge in [0.15, 0.2) is 0 Å². The number of sulfonamides is 1. The quantitative estimate of drug-likeness (QED) is 0.439. The molecule has 2 amide bonds. The van der Waals surface area contributed by atoms with Crippen molar-refractivity contribution in [3.8, 4) is 0 Å². The van der Waals surface area contributed by atoms with Crippen LogP contribution in [0.1, 0.15) is 27.6 Å². The number of para-hydroxylation sites is 1. The lowest BCUT2D eigenvalue weighted by Gasteiger charge is -2.39. The molecular weight excluding hydrogens is 444 g/mol. The van der Waals surface area contributed by atoms with E-state index in [1.54, 1.807) is 54.3 Å². The summed E-state index contributed by atoms with van der Waals surface area (Å²) in [6, 6.07) is 13.4. The van der Waals surface area contributed by atoms with Gasteiger partial charge in [0.25, 0.3) is 17.6 Å². The molecule has 33 heavy (non-hydrogen) atoms. The number of hydrogen-bond acceptors (Lipinski definition) is 5. The standard InChI is InChI=1S/C23H24N4O5S/c1-15-14-26(22(29)16-7-4-3-5-8-16)11-12-27(15)23(30)21(28)18-13-24-20-17(18)9-6-10-19(20)25-33(2,31)32/h3-10,13,15,24-25H,11-12,14H2,1-2H3. The van der Waals surface area contributed by atoms with Crippen molar-refractivity contribution in [2.75, 3.05) is 30.6 Å². The number of piperazine rings is 1. The van der Waals surface area contributed by atoms with Crippen LogP contribution >= 0.6 is 0 Å². The zero-order valence-electron chi connectivity index (χ0n) is 18.2. The van der Waals surface area contributed by atoms with Crippen molar-refractivity contribution in [1.82, 2.24) is 14.8 Å². The average molecular weight is 469 g/mol. The van der Waals surface area contributed by atoms with Crippen molar-refractivity contribution >= 4 is 44.2 Å². The molecular formula is C23H24N4O5S. The molecule has 0 aliphatic carbocycles. The summed E-state index contributed by atoms with van der Waals surface area (Å²) < 4.78 is 25.6. The first-order valence-corrected chi connectivity index (χ1v) is 12.3. The van der Waals surface area contributed by atoms with Gasteiger partial charge < -0.3 is 14.8 Å². The largest absolute Gasteiger partial charge is 0.359 e. The maximum absolute atomic E-state index is 13.1. The van der Waals surface area contributed by atoms with Crippen molar-refractivity contribution in [2.24, 2.45) is 0 Å². The lowest BCUT2D eigenvalue weighted by atomic mass is 10.1. The molecule has 1 unspecified atom stereocenters. The monoisotopic (exact) mass is 468 g/mol. The van der Waals surface area contributed by atoms with Crippen molar-refractivity contribution in [3.05, 3.63) is 65.9 Å². The molecule has 9 nitrogen and oxygen atoms in total. The highest BCUT2D eigenvalue weighted by atomic mass is 32.2. The molecule has 4 rings (SSSR count). The molecule has 0 radical (unpaired) electrons. The van der Waals surface area contributed by atoms with E-state index in [1.807, 2.05) is 6.07 Å². The van der Waals surface area contributed by atoms with Crippen LogP contribution < -0.4 is 4.72 Å². The van der Waals surface area contributed by atoms with E-state index in [2.05, 4.69) is 9.71 Å². The fourth-order valence-corrected chi connectivity index (χ4v) is 4.65. The van der Waals surface area contributed by atoms with Crippen LogP contribution in [0, 0.1) is 0 Å². The Kier molecular flexibility index (Phi) is 5.94. The fourth-order valence-electron chi connectivity index (χ4n) is 4.08. The number of ketones is 1. The third-order valence-electron chi connectivity index (χ3n) is 5.65. The molecule has 1 aliphatic rings. The van der Waals surface area contributed by atoms with Gasteiger partial charge in [-0.05, 0) is 25.1 Å². The molecule has 10 heteroatoms. The lowest BCUT2D eigenvalue weighted by molar-refractivity contribution is -0.130. The first-order chi connectivity index (χ1) is 15.7. The van der Waals surface area contributed by atoms with Crippen LogP contribution in [0.3, 0.4) is 0 Å². The average Bonchev–Trinajstić information content (AvgIpc) is 3.22. The zero-order chi connectivity index (χ0) is 23.8. The predicted molar refractivity (Wildman–Crippen MR) is 125 cm³/mol. The van der Waals surface area contributed by atoms with Gasteiger partial charge >= 0.3 is 0 Å². The number of benzene rings is 2. The highest BCUT2D eigenvalue weighted by molar-refractivity contribution is 7.92. The molecule has 1 aromatic heterocycles. The van der Waals surface area contributed by atoms with Gasteiger partial charge in [0, 0.05) is 42.8 Å². The topological polar surface area (TPSA) is 120 Å². The van der Waals surface area contributed by atoms with E-state index >= 15 is 0 Å². The molecule has 3 aromatic rings. The lowest BCUT2D eigenvalue weighted by Crippen LogP contribution is -2.56. The van der Waals surface area contributed by atoms with Gasteiger partial charge in [-0.2, -0.15) is 0 Å². The van der Waals surface area contributed by atoms with Crippen LogP contribution in [0.5, 0.6) is 0 Å². The highest BCUT2D eigenvalue weighted by Crippen LogP contribution is 2.27. The number of aromatic amines is 1. The summed E-state index contributed by atoms with van der Waals surface area (Å²) in [5.74, 6) is -1.45. The second kappa shape index (κ2) is 8.70. The summed E-state index contributed by atoms with van der Waals surface area (Å²) in [6.07, 6.45) is 2.45. The molecule has 0 spiro atoms. The van der Waals surface area contributed by atoms with Crippen molar-refractivity contribution in [3.63, 3.8) is 0 Å². The number of fused-ring (bicyclic) bond motifs is 1. The number of carbonyl (C=O) groups is 3. The zero-order valence-corrected chi connectivity index (χ0v) is 19.1. The summed E-state index contributed by atoms with van der Waals surface area (Å²) in [5.41, 5.74) is 1.47. The Bertz CT molecular complexity index is 1330. The van der Waals surface area contributed by atoms with E-state index in [-0.39, 0.29) is 24.1 Å². The molecule has 0 bridgehead atoms. The van der Waals surface area contributed by atoms with Gasteiger partial charge in [-0.3, -0.25) is 19.1 Å². The maximum atomic E-state index is 13.1.